The SMILES string of the molecule is CCOC(=O)C[C@H]1CC[C@H](C[Si]([Si](C)(C)C)([Si](C)(C)C)[Si](C)(C)C)C1=O. The van der Waals surface area contributed by atoms with Gasteiger partial charge in [-0.15, -0.1) is 0 Å². The zero-order valence-electron chi connectivity index (χ0n) is 18.9. The van der Waals surface area contributed by atoms with E-state index in [1.807, 2.05) is 6.92 Å². The van der Waals surface area contributed by atoms with Gasteiger partial charge in [-0.05, 0) is 19.8 Å². The molecule has 0 aromatic rings. The van der Waals surface area contributed by atoms with Gasteiger partial charge in [0.2, 0.25) is 0 Å². The van der Waals surface area contributed by atoms with Gasteiger partial charge >= 0.3 is 5.97 Å². The lowest BCUT2D eigenvalue weighted by Crippen LogP contribution is -2.83. The van der Waals surface area contributed by atoms with Crippen molar-refractivity contribution in [1.82, 2.24) is 0 Å². The standard InChI is InChI=1S/C19H42O3Si4/c1-11-22-18(20)14-16-12-13-17(19(16)21)15-26(23(2,3)4,24(5,6)7)25(8,9)10/h16-17H,11-15H2,1-10H3/t16-,17-/m1/s1. The third-order valence-corrected chi connectivity index (χ3v) is 81.0. The summed E-state index contributed by atoms with van der Waals surface area (Å²) in [6.07, 6.45) is 2.18. The van der Waals surface area contributed by atoms with Gasteiger partial charge in [-0.1, -0.05) is 65.0 Å². The number of carbonyl (C=O) groups excluding carboxylic acids is 2. The molecule has 152 valence electrons. The smallest absolute Gasteiger partial charge is 0.306 e. The highest BCUT2D eigenvalue weighted by molar-refractivity contribution is 7.89. The molecule has 7 heteroatoms. The van der Waals surface area contributed by atoms with Crippen LogP contribution in [0, 0.1) is 11.8 Å². The van der Waals surface area contributed by atoms with Crippen LogP contribution in [0.5, 0.6) is 0 Å². The topological polar surface area (TPSA) is 43.4 Å². The summed E-state index contributed by atoms with van der Waals surface area (Å²) in [7, 11) is -4.06. The Balaban J connectivity index is 3.15. The van der Waals surface area contributed by atoms with Crippen molar-refractivity contribution in [3.63, 3.8) is 0 Å². The molecule has 1 aliphatic rings. The first-order chi connectivity index (χ1) is 11.6. The molecular weight excluding hydrogens is 389 g/mol. The van der Waals surface area contributed by atoms with Crippen molar-refractivity contribution in [2.45, 2.75) is 91.2 Å². The highest BCUT2D eigenvalue weighted by atomic mass is 29.9. The Bertz CT molecular complexity index is 490. The fraction of sp³-hybridized carbons (Fsp3) is 0.895. The Morgan fingerprint density at radius 2 is 1.31 bits per heavy atom. The van der Waals surface area contributed by atoms with E-state index in [2.05, 4.69) is 58.9 Å². The van der Waals surface area contributed by atoms with E-state index in [0.29, 0.717) is 18.8 Å². The molecule has 26 heavy (non-hydrogen) atoms. The van der Waals surface area contributed by atoms with E-state index in [-0.39, 0.29) is 17.8 Å². The van der Waals surface area contributed by atoms with Crippen molar-refractivity contribution < 1.29 is 14.3 Å². The average Bonchev–Trinajstić information content (AvgIpc) is 2.73. The molecular formula is C19H42O3Si4. The van der Waals surface area contributed by atoms with Crippen LogP contribution in [0.25, 0.3) is 0 Å². The number of ketones is 1. The summed E-state index contributed by atoms with van der Waals surface area (Å²) in [6.45, 7) is 24.0. The van der Waals surface area contributed by atoms with Crippen molar-refractivity contribution in [2.75, 3.05) is 6.61 Å². The first-order valence-corrected chi connectivity index (χ1v) is 26.0. The largest absolute Gasteiger partial charge is 0.466 e. The molecule has 1 saturated carbocycles. The molecule has 2 atom stereocenters. The predicted octanol–water partition coefficient (Wildman–Crippen LogP) is 5.23. The molecule has 1 aliphatic carbocycles. The normalized spacial score (nSPS) is 22.6. The Morgan fingerprint density at radius 3 is 1.69 bits per heavy atom. The Hall–Kier alpha value is 0.00753. The van der Waals surface area contributed by atoms with Crippen LogP contribution in [-0.4, -0.2) is 47.8 Å². The first kappa shape index (κ1) is 24.0. The predicted molar refractivity (Wildman–Crippen MR) is 123 cm³/mol. The highest BCUT2D eigenvalue weighted by Gasteiger charge is 2.62. The van der Waals surface area contributed by atoms with Crippen LogP contribution in [-0.2, 0) is 14.3 Å². The maximum Gasteiger partial charge on any atom is 0.306 e. The van der Waals surface area contributed by atoms with Crippen LogP contribution in [0.3, 0.4) is 0 Å². The number of esters is 1. The fourth-order valence-corrected chi connectivity index (χ4v) is 105. The molecule has 0 unspecified atom stereocenters. The molecule has 0 spiro atoms. The van der Waals surface area contributed by atoms with Crippen LogP contribution in [0.2, 0.25) is 65.0 Å². The highest BCUT2D eigenvalue weighted by Crippen LogP contribution is 2.45. The zero-order chi connectivity index (χ0) is 20.6. The second-order valence-electron chi connectivity index (χ2n) is 11.2. The Kier molecular flexibility index (Phi) is 7.55. The molecule has 1 rings (SSSR count). The van der Waals surface area contributed by atoms with Gasteiger partial charge in [0, 0.05) is 41.2 Å². The van der Waals surface area contributed by atoms with Crippen molar-refractivity contribution in [1.29, 1.82) is 0 Å². The molecule has 0 aromatic heterocycles. The molecule has 0 heterocycles. The minimum absolute atomic E-state index is 0.0874. The van der Waals surface area contributed by atoms with Gasteiger partial charge < -0.3 is 4.74 Å². The van der Waals surface area contributed by atoms with Crippen molar-refractivity contribution in [3.05, 3.63) is 0 Å². The molecule has 0 aromatic carbocycles. The van der Waals surface area contributed by atoms with Crippen molar-refractivity contribution in [2.24, 2.45) is 11.8 Å². The minimum atomic E-state index is -1.51. The fourth-order valence-electron chi connectivity index (χ4n) is 6.51. The van der Waals surface area contributed by atoms with Crippen LogP contribution in [0.1, 0.15) is 26.2 Å². The monoisotopic (exact) mass is 430 g/mol. The Labute approximate surface area is 165 Å². The molecule has 0 radical (unpaired) electrons. The van der Waals surface area contributed by atoms with Crippen LogP contribution < -0.4 is 0 Å². The summed E-state index contributed by atoms with van der Waals surface area (Å²) < 4.78 is 5.09. The van der Waals surface area contributed by atoms with E-state index >= 15 is 0 Å². The number of rotatable bonds is 8. The van der Waals surface area contributed by atoms with Crippen molar-refractivity contribution >= 4 is 41.2 Å². The van der Waals surface area contributed by atoms with Gasteiger partial charge in [-0.2, -0.15) is 0 Å². The van der Waals surface area contributed by atoms with E-state index < -0.39 is 29.4 Å². The number of carbonyl (C=O) groups is 2. The zero-order valence-corrected chi connectivity index (χ0v) is 22.9. The van der Waals surface area contributed by atoms with Gasteiger partial charge in [0.25, 0.3) is 0 Å². The summed E-state index contributed by atoms with van der Waals surface area (Å²) in [5.74, 6) is 0.308. The number of hydrogen-bond donors (Lipinski definition) is 0. The van der Waals surface area contributed by atoms with Crippen LogP contribution >= 0.6 is 0 Å². The number of hydrogen-bond acceptors (Lipinski definition) is 3. The van der Waals surface area contributed by atoms with Gasteiger partial charge in [-0.25, -0.2) is 0 Å². The lowest BCUT2D eigenvalue weighted by Gasteiger charge is -2.58. The van der Waals surface area contributed by atoms with Crippen LogP contribution in [0.4, 0.5) is 0 Å². The summed E-state index contributed by atoms with van der Waals surface area (Å²) in [4.78, 5) is 25.0. The summed E-state index contributed by atoms with van der Waals surface area (Å²) in [5.41, 5.74) is 0. The molecule has 0 bridgehead atoms. The molecule has 0 saturated heterocycles. The third kappa shape index (κ3) is 4.70. The maximum atomic E-state index is 13.2. The molecule has 1 fully saturated rings. The minimum Gasteiger partial charge on any atom is -0.466 e. The van der Waals surface area contributed by atoms with Gasteiger partial charge in [0.1, 0.15) is 5.78 Å². The lowest BCUT2D eigenvalue weighted by atomic mass is 10.0. The molecule has 0 N–H and O–H groups in total. The average molecular weight is 431 g/mol. The Morgan fingerprint density at radius 1 is 0.885 bits per heavy atom. The van der Waals surface area contributed by atoms with Gasteiger partial charge in [0.05, 0.1) is 13.0 Å². The second kappa shape index (κ2) is 8.17. The summed E-state index contributed by atoms with van der Waals surface area (Å²) in [6, 6.07) is 1.21. The summed E-state index contributed by atoms with van der Waals surface area (Å²) >= 11 is 0. The van der Waals surface area contributed by atoms with E-state index in [1.165, 1.54) is 6.04 Å². The summed E-state index contributed by atoms with van der Waals surface area (Å²) in [5, 5.41) is 0. The molecule has 0 amide bonds. The quantitative estimate of drug-likeness (QED) is 0.391. The van der Waals surface area contributed by atoms with E-state index in [4.69, 9.17) is 4.74 Å². The van der Waals surface area contributed by atoms with E-state index in [9.17, 15) is 9.59 Å². The molecule has 0 aliphatic heterocycles. The molecule has 3 nitrogen and oxygen atoms in total. The van der Waals surface area contributed by atoms with E-state index in [0.717, 1.165) is 12.8 Å². The van der Waals surface area contributed by atoms with Gasteiger partial charge in [0.15, 0.2) is 0 Å². The first-order valence-electron chi connectivity index (χ1n) is 10.3. The maximum absolute atomic E-state index is 13.2. The van der Waals surface area contributed by atoms with E-state index in [1.54, 1.807) is 0 Å². The van der Waals surface area contributed by atoms with Gasteiger partial charge in [-0.3, -0.25) is 9.59 Å². The third-order valence-electron chi connectivity index (χ3n) is 6.78. The second-order valence-corrected chi connectivity index (χ2v) is 52.6. The number of ether oxygens (including phenoxy) is 1. The van der Waals surface area contributed by atoms with Crippen molar-refractivity contribution in [3.8, 4) is 0 Å². The number of Topliss-reactive ketones (excluding diaryl/α,β-unsaturated/α-hetero) is 1. The lowest BCUT2D eigenvalue weighted by molar-refractivity contribution is -0.145. The van der Waals surface area contributed by atoms with Crippen LogP contribution in [0.15, 0.2) is 0 Å².